The molecule has 0 saturated carbocycles. The van der Waals surface area contributed by atoms with Crippen LogP contribution in [0.5, 0.6) is 0 Å². The van der Waals surface area contributed by atoms with Crippen molar-refractivity contribution in [2.45, 2.75) is 9.79 Å². The van der Waals surface area contributed by atoms with E-state index in [9.17, 15) is 5.21 Å². The van der Waals surface area contributed by atoms with E-state index in [1.165, 1.54) is 0 Å². The number of nitrogens with zero attached hydrogens (tertiary/aromatic N) is 2. The molecule has 0 radical (unpaired) electrons. The zero-order valence-corrected chi connectivity index (χ0v) is 10.6. The molecule has 2 aromatic rings. The zero-order chi connectivity index (χ0) is 12.3. The van der Waals surface area contributed by atoms with E-state index >= 15 is 0 Å². The molecule has 17 heavy (non-hydrogen) atoms. The summed E-state index contributed by atoms with van der Waals surface area (Å²) in [6, 6.07) is 14.1. The average molecular weight is 262 g/mol. The van der Waals surface area contributed by atoms with Crippen molar-refractivity contribution >= 4 is 36.6 Å². The fourth-order valence-electron chi connectivity index (χ4n) is 1.33. The van der Waals surface area contributed by atoms with Gasteiger partial charge in [0.15, 0.2) is 0 Å². The number of hydrogen-bond donors (Lipinski definition) is 2. The van der Waals surface area contributed by atoms with Gasteiger partial charge in [-0.3, -0.25) is 0 Å². The first kappa shape index (κ1) is 12.0. The van der Waals surface area contributed by atoms with Crippen LogP contribution in [0, 0.1) is 5.21 Å². The van der Waals surface area contributed by atoms with Gasteiger partial charge in [0.25, 0.3) is 5.69 Å². The Kier molecular flexibility index (Phi) is 3.71. The minimum Gasteiger partial charge on any atom is -0.594 e. The molecule has 0 spiro atoms. The molecule has 0 aliphatic rings. The first-order valence-corrected chi connectivity index (χ1v) is 5.83. The van der Waals surface area contributed by atoms with Gasteiger partial charge in [-0.1, -0.05) is 24.3 Å². The van der Waals surface area contributed by atoms with Gasteiger partial charge < -0.3 is 5.21 Å². The lowest BCUT2D eigenvalue weighted by Gasteiger charge is -2.02. The first-order valence-electron chi connectivity index (χ1n) is 4.93. The summed E-state index contributed by atoms with van der Waals surface area (Å²) in [6.07, 6.45) is 0. The fourth-order valence-corrected chi connectivity index (χ4v) is 1.78. The fraction of sp³-hybridized carbons (Fsp3) is 0. The van der Waals surface area contributed by atoms with Crippen molar-refractivity contribution in [2.24, 2.45) is 5.11 Å². The van der Waals surface area contributed by atoms with Gasteiger partial charge in [-0.25, -0.2) is 0 Å². The highest BCUT2D eigenvalue weighted by molar-refractivity contribution is 7.80. The van der Waals surface area contributed by atoms with Crippen molar-refractivity contribution in [3.05, 3.63) is 53.7 Å². The highest BCUT2D eigenvalue weighted by Gasteiger charge is 2.08. The Morgan fingerprint density at radius 3 is 2.12 bits per heavy atom. The average Bonchev–Trinajstić information content (AvgIpc) is 2.32. The molecule has 0 heterocycles. The number of benzene rings is 2. The maximum Gasteiger partial charge on any atom is 0.258 e. The second-order valence-electron chi connectivity index (χ2n) is 3.35. The van der Waals surface area contributed by atoms with Crippen molar-refractivity contribution in [1.82, 2.24) is 0 Å². The Morgan fingerprint density at radius 2 is 1.47 bits per heavy atom. The lowest BCUT2D eigenvalue weighted by Crippen LogP contribution is -1.91. The van der Waals surface area contributed by atoms with Crippen molar-refractivity contribution in [3.8, 4) is 0 Å². The summed E-state index contributed by atoms with van der Waals surface area (Å²) in [6.45, 7) is 0. The summed E-state index contributed by atoms with van der Waals surface area (Å²) in [7, 11) is 0. The summed E-state index contributed by atoms with van der Waals surface area (Å²) in [5.41, 5.74) is 0.940. The Morgan fingerprint density at radius 1 is 0.882 bits per heavy atom. The van der Waals surface area contributed by atoms with Gasteiger partial charge in [0, 0.05) is 16.1 Å². The van der Waals surface area contributed by atoms with Crippen LogP contribution in [-0.4, -0.2) is 4.86 Å². The standard InChI is InChI=1S/C12H10N2OS2/c15-14(10-6-2-4-8-12(10)17)13-9-5-1-3-7-11(9)16/h1-8,16-17H. The number of azo groups is 1. The van der Waals surface area contributed by atoms with E-state index in [1.807, 2.05) is 12.1 Å². The van der Waals surface area contributed by atoms with E-state index < -0.39 is 0 Å². The third kappa shape index (κ3) is 2.81. The number of para-hydroxylation sites is 1. The molecule has 0 aromatic heterocycles. The molecule has 0 saturated heterocycles. The molecular weight excluding hydrogens is 252 g/mol. The van der Waals surface area contributed by atoms with Crippen LogP contribution in [0.1, 0.15) is 0 Å². The third-order valence-electron chi connectivity index (χ3n) is 2.17. The highest BCUT2D eigenvalue weighted by Crippen LogP contribution is 2.26. The molecule has 0 amide bonds. The Hall–Kier alpha value is -1.46. The number of thiol groups is 2. The predicted molar refractivity (Wildman–Crippen MR) is 72.8 cm³/mol. The molecule has 0 N–H and O–H groups in total. The predicted octanol–water partition coefficient (Wildman–Crippen LogP) is 4.19. The molecule has 2 aromatic carbocycles. The topological polar surface area (TPSA) is 38.4 Å². The third-order valence-corrected chi connectivity index (χ3v) is 2.92. The molecule has 2 rings (SSSR count). The molecular formula is C12H10N2OS2. The second kappa shape index (κ2) is 5.25. The molecule has 3 nitrogen and oxygen atoms in total. The monoisotopic (exact) mass is 262 g/mol. The molecule has 86 valence electrons. The van der Waals surface area contributed by atoms with Crippen LogP contribution >= 0.6 is 25.3 Å². The van der Waals surface area contributed by atoms with Crippen molar-refractivity contribution in [1.29, 1.82) is 0 Å². The first-order chi connectivity index (χ1) is 8.18. The van der Waals surface area contributed by atoms with E-state index in [1.54, 1.807) is 36.4 Å². The zero-order valence-electron chi connectivity index (χ0n) is 8.82. The van der Waals surface area contributed by atoms with Crippen molar-refractivity contribution in [2.75, 3.05) is 0 Å². The van der Waals surface area contributed by atoms with Gasteiger partial charge in [-0.2, -0.15) is 0 Å². The summed E-state index contributed by atoms with van der Waals surface area (Å²) in [5, 5.41) is 15.8. The number of hydrogen-bond acceptors (Lipinski definition) is 4. The maximum atomic E-state index is 11.9. The smallest absolute Gasteiger partial charge is 0.258 e. The molecule has 0 aliphatic heterocycles. The largest absolute Gasteiger partial charge is 0.594 e. The van der Waals surface area contributed by atoms with E-state index in [2.05, 4.69) is 30.4 Å². The van der Waals surface area contributed by atoms with Gasteiger partial charge in [0.1, 0.15) is 5.69 Å². The highest BCUT2D eigenvalue weighted by atomic mass is 32.1. The van der Waals surface area contributed by atoms with Gasteiger partial charge in [0.2, 0.25) is 0 Å². The quantitative estimate of drug-likeness (QED) is 0.362. The lowest BCUT2D eigenvalue weighted by molar-refractivity contribution is -0.438. The van der Waals surface area contributed by atoms with Crippen LogP contribution in [-0.2, 0) is 0 Å². The van der Waals surface area contributed by atoms with E-state index in [0.29, 0.717) is 26.0 Å². The molecule has 5 heteroatoms. The van der Waals surface area contributed by atoms with Crippen LogP contribution < -0.4 is 0 Å². The van der Waals surface area contributed by atoms with Crippen LogP contribution in [0.4, 0.5) is 11.4 Å². The maximum absolute atomic E-state index is 11.9. The molecule has 0 unspecified atom stereocenters. The van der Waals surface area contributed by atoms with Crippen molar-refractivity contribution < 1.29 is 4.86 Å². The van der Waals surface area contributed by atoms with E-state index in [-0.39, 0.29) is 0 Å². The normalized spacial score (nSPS) is 11.5. The van der Waals surface area contributed by atoms with Gasteiger partial charge >= 0.3 is 0 Å². The second-order valence-corrected chi connectivity index (χ2v) is 4.31. The number of rotatable bonds is 2. The minimum absolute atomic E-state index is 0.410. The Labute approximate surface area is 110 Å². The van der Waals surface area contributed by atoms with Crippen LogP contribution in [0.25, 0.3) is 0 Å². The molecule has 0 atom stereocenters. The summed E-state index contributed by atoms with van der Waals surface area (Å²) in [4.78, 5) is 1.80. The lowest BCUT2D eigenvalue weighted by atomic mass is 10.3. The van der Waals surface area contributed by atoms with Crippen LogP contribution in [0.15, 0.2) is 63.4 Å². The van der Waals surface area contributed by atoms with Gasteiger partial charge in [-0.05, 0) is 23.1 Å². The van der Waals surface area contributed by atoms with Crippen molar-refractivity contribution in [3.63, 3.8) is 0 Å². The molecule has 0 bridgehead atoms. The van der Waals surface area contributed by atoms with E-state index in [0.717, 1.165) is 0 Å². The minimum atomic E-state index is 0.410. The molecule has 0 fully saturated rings. The van der Waals surface area contributed by atoms with E-state index in [4.69, 9.17) is 0 Å². The SMILES string of the molecule is [O-][N+](=Nc1ccccc1S)c1ccccc1S. The Balaban J connectivity index is 2.42. The molecule has 0 aliphatic carbocycles. The van der Waals surface area contributed by atoms with Gasteiger partial charge in [0.05, 0.1) is 4.90 Å². The summed E-state index contributed by atoms with van der Waals surface area (Å²) in [5.74, 6) is 0. The van der Waals surface area contributed by atoms with Gasteiger partial charge in [-0.15, -0.1) is 25.3 Å². The Bertz CT molecular complexity index is 570. The summed E-state index contributed by atoms with van der Waals surface area (Å²) < 4.78 is 0. The van der Waals surface area contributed by atoms with Crippen LogP contribution in [0.2, 0.25) is 0 Å². The summed E-state index contributed by atoms with van der Waals surface area (Å²) >= 11 is 8.44. The van der Waals surface area contributed by atoms with Crippen LogP contribution in [0.3, 0.4) is 0 Å².